The van der Waals surface area contributed by atoms with Crippen molar-refractivity contribution in [2.75, 3.05) is 13.2 Å². The summed E-state index contributed by atoms with van der Waals surface area (Å²) < 4.78 is 10.8. The van der Waals surface area contributed by atoms with Gasteiger partial charge in [-0.15, -0.1) is 0 Å². The number of fused-ring (bicyclic) bond motifs is 1. The van der Waals surface area contributed by atoms with Crippen LogP contribution in [0.3, 0.4) is 0 Å². The Labute approximate surface area is 133 Å². The SMILES string of the molecule is Cc1ccc2oc(C(=O)NC(C(=O)O)C3CCCOC3)cc2c1. The van der Waals surface area contributed by atoms with Crippen molar-refractivity contribution in [3.05, 3.63) is 35.6 Å². The molecule has 0 aliphatic carbocycles. The van der Waals surface area contributed by atoms with E-state index in [9.17, 15) is 14.7 Å². The number of rotatable bonds is 4. The van der Waals surface area contributed by atoms with Gasteiger partial charge in [-0.3, -0.25) is 4.79 Å². The van der Waals surface area contributed by atoms with Crippen molar-refractivity contribution < 1.29 is 23.8 Å². The Kier molecular flexibility index (Phi) is 4.34. The first-order valence-electron chi connectivity index (χ1n) is 7.66. The van der Waals surface area contributed by atoms with Gasteiger partial charge in [0.15, 0.2) is 5.76 Å². The lowest BCUT2D eigenvalue weighted by Gasteiger charge is -2.27. The molecule has 2 aromatic rings. The second-order valence-electron chi connectivity index (χ2n) is 5.92. The number of carboxylic acids is 1. The fourth-order valence-corrected chi connectivity index (χ4v) is 2.90. The van der Waals surface area contributed by atoms with Gasteiger partial charge >= 0.3 is 5.97 Å². The van der Waals surface area contributed by atoms with Gasteiger partial charge in [-0.25, -0.2) is 4.79 Å². The van der Waals surface area contributed by atoms with Crippen LogP contribution < -0.4 is 5.32 Å². The lowest BCUT2D eigenvalue weighted by molar-refractivity contribution is -0.142. The van der Waals surface area contributed by atoms with Crippen LogP contribution in [0.5, 0.6) is 0 Å². The first kappa shape index (κ1) is 15.6. The summed E-state index contributed by atoms with van der Waals surface area (Å²) in [5.74, 6) is -1.68. The van der Waals surface area contributed by atoms with Gasteiger partial charge in [-0.2, -0.15) is 0 Å². The molecule has 3 rings (SSSR count). The molecule has 0 spiro atoms. The van der Waals surface area contributed by atoms with Crippen molar-refractivity contribution in [3.8, 4) is 0 Å². The van der Waals surface area contributed by atoms with Gasteiger partial charge in [0.25, 0.3) is 5.91 Å². The van der Waals surface area contributed by atoms with Crippen molar-refractivity contribution >= 4 is 22.8 Å². The lowest BCUT2D eigenvalue weighted by atomic mass is 9.93. The summed E-state index contributed by atoms with van der Waals surface area (Å²) in [6, 6.07) is 6.27. The molecule has 2 heterocycles. The molecule has 6 nitrogen and oxygen atoms in total. The number of aryl methyl sites for hydroxylation is 1. The van der Waals surface area contributed by atoms with Crippen LogP contribution in [0.25, 0.3) is 11.0 Å². The maximum Gasteiger partial charge on any atom is 0.326 e. The number of furan rings is 1. The zero-order chi connectivity index (χ0) is 16.4. The van der Waals surface area contributed by atoms with E-state index in [2.05, 4.69) is 5.32 Å². The van der Waals surface area contributed by atoms with Crippen molar-refractivity contribution in [2.24, 2.45) is 5.92 Å². The molecule has 1 amide bonds. The highest BCUT2D eigenvalue weighted by Crippen LogP contribution is 2.22. The normalized spacial score (nSPS) is 19.4. The molecule has 1 aliphatic rings. The fraction of sp³-hybridized carbons (Fsp3) is 0.412. The number of amides is 1. The van der Waals surface area contributed by atoms with E-state index in [0.717, 1.165) is 23.8 Å². The third-order valence-electron chi connectivity index (χ3n) is 4.12. The van der Waals surface area contributed by atoms with E-state index in [1.54, 1.807) is 12.1 Å². The summed E-state index contributed by atoms with van der Waals surface area (Å²) in [4.78, 5) is 23.8. The molecule has 2 atom stereocenters. The predicted molar refractivity (Wildman–Crippen MR) is 83.4 cm³/mol. The number of ether oxygens (including phenoxy) is 1. The number of nitrogens with one attached hydrogen (secondary N) is 1. The van der Waals surface area contributed by atoms with Crippen molar-refractivity contribution in [3.63, 3.8) is 0 Å². The summed E-state index contributed by atoms with van der Waals surface area (Å²) in [6.45, 7) is 2.94. The molecule has 0 radical (unpaired) electrons. The zero-order valence-corrected chi connectivity index (χ0v) is 12.9. The number of aliphatic carboxylic acids is 1. The molecule has 1 aromatic heterocycles. The van der Waals surface area contributed by atoms with Crippen LogP contribution in [0.2, 0.25) is 0 Å². The third-order valence-corrected chi connectivity index (χ3v) is 4.12. The Bertz CT molecular complexity index is 730. The van der Waals surface area contributed by atoms with Gasteiger partial charge in [-0.1, -0.05) is 11.6 Å². The van der Waals surface area contributed by atoms with Gasteiger partial charge in [0.1, 0.15) is 11.6 Å². The molecule has 23 heavy (non-hydrogen) atoms. The minimum Gasteiger partial charge on any atom is -0.480 e. The predicted octanol–water partition coefficient (Wildman–Crippen LogP) is 2.35. The number of carboxylic acid groups (broad SMARTS) is 1. The Morgan fingerprint density at radius 2 is 2.17 bits per heavy atom. The van der Waals surface area contributed by atoms with E-state index in [1.807, 2.05) is 19.1 Å². The second-order valence-corrected chi connectivity index (χ2v) is 5.92. The maximum atomic E-state index is 12.3. The highest BCUT2D eigenvalue weighted by atomic mass is 16.5. The standard InChI is InChI=1S/C17H19NO5/c1-10-4-5-13-12(7-10)8-14(23-13)16(19)18-15(17(20)21)11-3-2-6-22-9-11/h4-5,7-8,11,15H,2-3,6,9H2,1H3,(H,18,19)(H,20,21). The second kappa shape index (κ2) is 6.42. The third kappa shape index (κ3) is 3.37. The molecular weight excluding hydrogens is 298 g/mol. The van der Waals surface area contributed by atoms with Crippen molar-refractivity contribution in [1.29, 1.82) is 0 Å². The first-order chi connectivity index (χ1) is 11.0. The molecule has 122 valence electrons. The van der Waals surface area contributed by atoms with Gasteiger partial charge in [-0.05, 0) is 38.0 Å². The van der Waals surface area contributed by atoms with Gasteiger partial charge in [0, 0.05) is 17.9 Å². The van der Waals surface area contributed by atoms with E-state index in [-0.39, 0.29) is 11.7 Å². The maximum absolute atomic E-state index is 12.3. The number of carbonyl (C=O) groups is 2. The zero-order valence-electron chi connectivity index (χ0n) is 12.9. The minimum atomic E-state index is -1.05. The quantitative estimate of drug-likeness (QED) is 0.903. The summed E-state index contributed by atoms with van der Waals surface area (Å²) >= 11 is 0. The minimum absolute atomic E-state index is 0.119. The Morgan fingerprint density at radius 1 is 1.35 bits per heavy atom. The largest absolute Gasteiger partial charge is 0.480 e. The van der Waals surface area contributed by atoms with Gasteiger partial charge < -0.3 is 19.6 Å². The number of hydrogen-bond acceptors (Lipinski definition) is 4. The van der Waals surface area contributed by atoms with Crippen molar-refractivity contribution in [2.45, 2.75) is 25.8 Å². The highest BCUT2D eigenvalue weighted by Gasteiger charge is 2.32. The monoisotopic (exact) mass is 317 g/mol. The number of benzene rings is 1. The average molecular weight is 317 g/mol. The van der Waals surface area contributed by atoms with Crippen LogP contribution >= 0.6 is 0 Å². The van der Waals surface area contributed by atoms with E-state index < -0.39 is 17.9 Å². The van der Waals surface area contributed by atoms with Crippen molar-refractivity contribution in [1.82, 2.24) is 5.32 Å². The molecule has 1 fully saturated rings. The van der Waals surface area contributed by atoms with Crippen LogP contribution in [-0.4, -0.2) is 36.2 Å². The van der Waals surface area contributed by atoms with E-state index in [0.29, 0.717) is 18.8 Å². The number of hydrogen-bond donors (Lipinski definition) is 2. The Balaban J connectivity index is 1.78. The van der Waals surface area contributed by atoms with E-state index in [1.165, 1.54) is 0 Å². The smallest absolute Gasteiger partial charge is 0.326 e. The lowest BCUT2D eigenvalue weighted by Crippen LogP contribution is -2.48. The fourth-order valence-electron chi connectivity index (χ4n) is 2.90. The highest BCUT2D eigenvalue weighted by molar-refractivity contribution is 5.98. The summed E-state index contributed by atoms with van der Waals surface area (Å²) in [7, 11) is 0. The molecule has 1 aliphatic heterocycles. The Morgan fingerprint density at radius 3 is 2.87 bits per heavy atom. The molecule has 2 N–H and O–H groups in total. The topological polar surface area (TPSA) is 88.8 Å². The summed E-state index contributed by atoms with van der Waals surface area (Å²) in [5, 5.41) is 12.8. The van der Waals surface area contributed by atoms with Crippen LogP contribution in [0.15, 0.2) is 28.7 Å². The molecular formula is C17H19NO5. The average Bonchev–Trinajstić information content (AvgIpc) is 2.96. The molecule has 2 unspecified atom stereocenters. The van der Waals surface area contributed by atoms with Gasteiger partial charge in [0.05, 0.1) is 6.61 Å². The van der Waals surface area contributed by atoms with Gasteiger partial charge in [0.2, 0.25) is 0 Å². The van der Waals surface area contributed by atoms with Crippen LogP contribution in [0, 0.1) is 12.8 Å². The molecule has 6 heteroatoms. The van der Waals surface area contributed by atoms with E-state index in [4.69, 9.17) is 9.15 Å². The summed E-state index contributed by atoms with van der Waals surface area (Å²) in [6.07, 6.45) is 1.52. The molecule has 1 aromatic carbocycles. The summed E-state index contributed by atoms with van der Waals surface area (Å²) in [5.41, 5.74) is 1.67. The van der Waals surface area contributed by atoms with Crippen LogP contribution in [-0.2, 0) is 9.53 Å². The Hall–Kier alpha value is -2.34. The number of carbonyl (C=O) groups excluding carboxylic acids is 1. The molecule has 0 bridgehead atoms. The van der Waals surface area contributed by atoms with E-state index >= 15 is 0 Å². The first-order valence-corrected chi connectivity index (χ1v) is 7.66. The van der Waals surface area contributed by atoms with Crippen LogP contribution in [0.1, 0.15) is 29.0 Å². The van der Waals surface area contributed by atoms with Crippen LogP contribution in [0.4, 0.5) is 0 Å². The molecule has 0 saturated carbocycles. The molecule has 1 saturated heterocycles.